The number of fused-ring (bicyclic) bond motifs is 1. The molecular weight excluding hydrogens is 414 g/mol. The smallest absolute Gasteiger partial charge is 0.238 e. The van der Waals surface area contributed by atoms with Crippen molar-refractivity contribution in [3.8, 4) is 0 Å². The summed E-state index contributed by atoms with van der Waals surface area (Å²) in [5, 5.41) is 0. The van der Waals surface area contributed by atoms with Gasteiger partial charge in [0.1, 0.15) is 0 Å². The van der Waals surface area contributed by atoms with Crippen molar-refractivity contribution < 1.29 is 19.1 Å². The van der Waals surface area contributed by atoms with Gasteiger partial charge in [-0.15, -0.1) is 0 Å². The van der Waals surface area contributed by atoms with E-state index in [2.05, 4.69) is 13.2 Å². The Morgan fingerprint density at radius 3 is 1.82 bits per heavy atom. The third-order valence-corrected chi connectivity index (χ3v) is 9.66. The van der Waals surface area contributed by atoms with Crippen molar-refractivity contribution >= 4 is 17.5 Å². The topological polar surface area (TPSA) is 55.8 Å². The first-order valence-corrected chi connectivity index (χ1v) is 12.3. The van der Waals surface area contributed by atoms with Gasteiger partial charge in [0, 0.05) is 12.8 Å². The number of amides is 2. The first kappa shape index (κ1) is 19.9. The van der Waals surface area contributed by atoms with Crippen molar-refractivity contribution in [1.82, 2.24) is 0 Å². The lowest BCUT2D eigenvalue weighted by molar-refractivity contribution is -0.244. The number of carbonyl (C=O) groups excluding carboxylic acids is 2. The number of hydrogen-bond donors (Lipinski definition) is 0. The highest BCUT2D eigenvalue weighted by Gasteiger charge is 2.78. The molecule has 1 aromatic rings. The predicted molar refractivity (Wildman–Crippen MR) is 123 cm³/mol. The first-order valence-electron chi connectivity index (χ1n) is 12.3. The predicted octanol–water partition coefficient (Wildman–Crippen LogP) is 4.70. The number of carbonyl (C=O) groups is 2. The van der Waals surface area contributed by atoms with E-state index >= 15 is 0 Å². The van der Waals surface area contributed by atoms with E-state index < -0.39 is 5.79 Å². The Kier molecular flexibility index (Phi) is 3.82. The molecule has 6 aliphatic rings. The number of benzene rings is 1. The second-order valence-corrected chi connectivity index (χ2v) is 10.7. The Labute approximate surface area is 194 Å². The molecule has 1 spiro atoms. The molecule has 2 amide bonds. The number of para-hydroxylation sites is 1. The van der Waals surface area contributed by atoms with E-state index in [-0.39, 0.29) is 34.5 Å². The summed E-state index contributed by atoms with van der Waals surface area (Å²) in [5.74, 6) is -1.27. The van der Waals surface area contributed by atoms with Gasteiger partial charge in [-0.1, -0.05) is 48.9 Å². The number of rotatable bonds is 1. The normalized spacial score (nSPS) is 38.7. The summed E-state index contributed by atoms with van der Waals surface area (Å²) < 4.78 is 13.2. The third kappa shape index (κ3) is 2.12. The Hall–Kier alpha value is -2.50. The fourth-order valence-corrected chi connectivity index (χ4v) is 7.90. The second-order valence-electron chi connectivity index (χ2n) is 10.7. The lowest BCUT2D eigenvalue weighted by atomic mass is 9.30. The molecule has 33 heavy (non-hydrogen) atoms. The number of imide groups is 1. The highest BCUT2D eigenvalue weighted by atomic mass is 16.7. The molecule has 7 rings (SSSR count). The van der Waals surface area contributed by atoms with Gasteiger partial charge < -0.3 is 9.47 Å². The molecule has 0 unspecified atom stereocenters. The molecule has 4 aliphatic carbocycles. The number of ether oxygens (including phenoxy) is 2. The molecule has 1 aromatic carbocycles. The van der Waals surface area contributed by atoms with Crippen LogP contribution in [-0.2, 0) is 19.1 Å². The molecular formula is C28H29NO4. The van der Waals surface area contributed by atoms with Crippen LogP contribution >= 0.6 is 0 Å². The van der Waals surface area contributed by atoms with Gasteiger partial charge in [-0.25, -0.2) is 0 Å². The van der Waals surface area contributed by atoms with Crippen LogP contribution in [0.2, 0.25) is 0 Å². The lowest BCUT2D eigenvalue weighted by Crippen LogP contribution is -2.68. The average molecular weight is 444 g/mol. The summed E-state index contributed by atoms with van der Waals surface area (Å²) in [7, 11) is 0. The molecule has 2 saturated carbocycles. The molecule has 0 radical (unpaired) electrons. The van der Waals surface area contributed by atoms with E-state index in [1.165, 1.54) is 22.5 Å². The Balaban J connectivity index is 1.25. The molecule has 5 heteroatoms. The fourth-order valence-electron chi connectivity index (χ4n) is 7.90. The summed E-state index contributed by atoms with van der Waals surface area (Å²) in [6.45, 7) is 9.92. The van der Waals surface area contributed by atoms with Gasteiger partial charge in [0.2, 0.25) is 11.8 Å². The van der Waals surface area contributed by atoms with E-state index in [0.29, 0.717) is 31.7 Å². The lowest BCUT2D eigenvalue weighted by Gasteiger charge is -2.72. The Bertz CT molecular complexity index is 1100. The molecule has 5 nitrogen and oxygen atoms in total. The minimum Gasteiger partial charge on any atom is -0.349 e. The van der Waals surface area contributed by atoms with E-state index in [1.807, 2.05) is 30.3 Å². The standard InChI is InChI=1S/C28H29NO4/c1-17-18(2)28-16-33-26(11-7-4-8-12-26)32-15-27(17,28)22-13-20-21(14-23(22)28)25(31)29(24(20)30)19-9-5-3-6-10-19/h3,5-6,9-10,20-21H,1-2,4,7-8,11-16H2/t20-,21+,27-,28+. The van der Waals surface area contributed by atoms with Crippen LogP contribution in [0.5, 0.6) is 0 Å². The van der Waals surface area contributed by atoms with Crippen LogP contribution in [0.1, 0.15) is 44.9 Å². The minimum atomic E-state index is -0.504. The molecule has 0 N–H and O–H groups in total. The quantitative estimate of drug-likeness (QED) is 0.466. The van der Waals surface area contributed by atoms with Crippen molar-refractivity contribution in [3.05, 3.63) is 65.8 Å². The largest absolute Gasteiger partial charge is 0.349 e. The maximum atomic E-state index is 13.4. The third-order valence-electron chi connectivity index (χ3n) is 9.66. The molecule has 170 valence electrons. The van der Waals surface area contributed by atoms with Crippen molar-refractivity contribution in [2.45, 2.75) is 50.7 Å². The zero-order valence-corrected chi connectivity index (χ0v) is 18.9. The van der Waals surface area contributed by atoms with Crippen LogP contribution in [0.4, 0.5) is 5.69 Å². The minimum absolute atomic E-state index is 0.0741. The summed E-state index contributed by atoms with van der Waals surface area (Å²) >= 11 is 0. The maximum absolute atomic E-state index is 13.4. The van der Waals surface area contributed by atoms with Gasteiger partial charge in [0.25, 0.3) is 0 Å². The van der Waals surface area contributed by atoms with Crippen molar-refractivity contribution in [2.24, 2.45) is 22.7 Å². The van der Waals surface area contributed by atoms with E-state index in [1.54, 1.807) is 0 Å². The molecule has 2 heterocycles. The highest BCUT2D eigenvalue weighted by Crippen LogP contribution is 2.81. The van der Waals surface area contributed by atoms with E-state index in [9.17, 15) is 9.59 Å². The summed E-state index contributed by atoms with van der Waals surface area (Å²) in [6.07, 6.45) is 6.55. The van der Waals surface area contributed by atoms with Gasteiger partial charge in [-0.3, -0.25) is 14.5 Å². The van der Waals surface area contributed by atoms with Crippen LogP contribution in [-0.4, -0.2) is 30.8 Å². The molecule has 2 saturated heterocycles. The van der Waals surface area contributed by atoms with Crippen LogP contribution in [0.3, 0.4) is 0 Å². The molecule has 0 bridgehead atoms. The van der Waals surface area contributed by atoms with Crippen molar-refractivity contribution in [1.29, 1.82) is 0 Å². The summed E-state index contributed by atoms with van der Waals surface area (Å²) in [4.78, 5) is 28.3. The van der Waals surface area contributed by atoms with Gasteiger partial charge in [0.05, 0.1) is 41.6 Å². The summed E-state index contributed by atoms with van der Waals surface area (Å²) in [5.41, 5.74) is 4.66. The zero-order chi connectivity index (χ0) is 22.6. The average Bonchev–Trinajstić information content (AvgIpc) is 3.03. The Morgan fingerprint density at radius 1 is 0.788 bits per heavy atom. The van der Waals surface area contributed by atoms with Crippen LogP contribution < -0.4 is 4.90 Å². The zero-order valence-electron chi connectivity index (χ0n) is 18.9. The first-order chi connectivity index (χ1) is 16.0. The maximum Gasteiger partial charge on any atom is 0.238 e. The van der Waals surface area contributed by atoms with Crippen LogP contribution in [0, 0.1) is 22.7 Å². The highest BCUT2D eigenvalue weighted by molar-refractivity contribution is 6.22. The molecule has 4 atom stereocenters. The fraction of sp³-hybridized carbons (Fsp3) is 0.500. The van der Waals surface area contributed by atoms with E-state index in [4.69, 9.17) is 9.47 Å². The molecule has 2 aliphatic heterocycles. The monoisotopic (exact) mass is 443 g/mol. The SMILES string of the molecule is C=C1C(=C)[C@@]23COC4(CCCCC4)OC[C@@]12C1=C3C[C@H]2C(=O)N(c3ccccc3)C(=O)[C@H]2C1. The van der Waals surface area contributed by atoms with Gasteiger partial charge >= 0.3 is 0 Å². The van der Waals surface area contributed by atoms with Crippen molar-refractivity contribution in [2.75, 3.05) is 18.1 Å². The molecule has 4 fully saturated rings. The number of nitrogens with zero attached hydrogens (tertiary/aromatic N) is 1. The second kappa shape index (κ2) is 6.34. The summed E-state index contributed by atoms with van der Waals surface area (Å²) in [6, 6.07) is 9.30. The van der Waals surface area contributed by atoms with Gasteiger partial charge in [0.15, 0.2) is 5.79 Å². The van der Waals surface area contributed by atoms with Crippen LogP contribution in [0.25, 0.3) is 0 Å². The number of hydrogen-bond acceptors (Lipinski definition) is 4. The Morgan fingerprint density at radius 2 is 1.30 bits per heavy atom. The molecule has 0 aromatic heterocycles. The van der Waals surface area contributed by atoms with Crippen LogP contribution in [0.15, 0.2) is 65.8 Å². The van der Waals surface area contributed by atoms with Gasteiger partial charge in [-0.05, 0) is 49.0 Å². The number of anilines is 1. The van der Waals surface area contributed by atoms with Crippen molar-refractivity contribution in [3.63, 3.8) is 0 Å². The van der Waals surface area contributed by atoms with Gasteiger partial charge in [-0.2, -0.15) is 0 Å². The van der Waals surface area contributed by atoms with E-state index in [0.717, 1.165) is 36.8 Å².